The van der Waals surface area contributed by atoms with Gasteiger partial charge in [0, 0.05) is 11.1 Å². The van der Waals surface area contributed by atoms with Crippen molar-refractivity contribution in [3.63, 3.8) is 0 Å². The molecule has 0 unspecified atom stereocenters. The van der Waals surface area contributed by atoms with Gasteiger partial charge < -0.3 is 29.0 Å². The minimum atomic E-state index is -1.69. The van der Waals surface area contributed by atoms with Crippen molar-refractivity contribution >= 4 is 7.32 Å². The van der Waals surface area contributed by atoms with E-state index in [1.807, 2.05) is 0 Å². The minimum absolute atomic E-state index is 0.0401. The van der Waals surface area contributed by atoms with Crippen LogP contribution in [0.5, 0.6) is 11.5 Å². The highest BCUT2D eigenvalue weighted by atomic mass is 16.7. The molecule has 0 aromatic heterocycles. The molecule has 0 heterocycles. The molecule has 0 spiro atoms. The number of hydrogen-bond donors (Lipinski definition) is 2. The third kappa shape index (κ3) is 8.31. The second-order valence-corrected chi connectivity index (χ2v) is 6.74. The van der Waals surface area contributed by atoms with Gasteiger partial charge in [0.05, 0.1) is 39.9 Å². The van der Waals surface area contributed by atoms with E-state index in [0.29, 0.717) is 11.1 Å². The Morgan fingerprint density at radius 1 is 0.786 bits per heavy atom. The van der Waals surface area contributed by atoms with Gasteiger partial charge in [-0.25, -0.2) is 0 Å². The van der Waals surface area contributed by atoms with Gasteiger partial charge in [-0.15, -0.1) is 0 Å². The summed E-state index contributed by atoms with van der Waals surface area (Å²) in [7, 11) is 0.606. The molecule has 0 amide bonds. The molecular formula is C21H32BNO5. The van der Waals surface area contributed by atoms with Crippen LogP contribution in [0.25, 0.3) is 0 Å². The number of benzene rings is 2. The van der Waals surface area contributed by atoms with E-state index in [4.69, 9.17) is 9.31 Å². The van der Waals surface area contributed by atoms with E-state index >= 15 is 0 Å². The van der Waals surface area contributed by atoms with Gasteiger partial charge in [-0.05, 0) is 32.9 Å². The van der Waals surface area contributed by atoms with Gasteiger partial charge in [0.2, 0.25) is 0 Å². The van der Waals surface area contributed by atoms with E-state index in [1.165, 1.54) is 36.3 Å². The molecule has 0 radical (unpaired) electrons. The summed E-state index contributed by atoms with van der Waals surface area (Å²) in [5.41, 5.74) is 1.03. The van der Waals surface area contributed by atoms with Crippen LogP contribution in [0.15, 0.2) is 48.5 Å². The first-order valence-electron chi connectivity index (χ1n) is 9.61. The molecule has 0 atom stereocenters. The third-order valence-corrected chi connectivity index (χ3v) is 5.02. The van der Waals surface area contributed by atoms with Gasteiger partial charge in [0.15, 0.2) is 0 Å². The Labute approximate surface area is 168 Å². The molecule has 6 nitrogen and oxygen atoms in total. The van der Waals surface area contributed by atoms with Crippen molar-refractivity contribution < 1.29 is 29.0 Å². The molecule has 2 aromatic rings. The first-order valence-corrected chi connectivity index (χ1v) is 9.61. The zero-order valence-electron chi connectivity index (χ0n) is 17.3. The van der Waals surface area contributed by atoms with Crippen molar-refractivity contribution in [2.45, 2.75) is 34.0 Å². The van der Waals surface area contributed by atoms with Crippen LogP contribution in [0.4, 0.5) is 0 Å². The number of rotatable bonds is 9. The normalized spacial score (nSPS) is 10.9. The van der Waals surface area contributed by atoms with E-state index < -0.39 is 7.32 Å². The standard InChI is InChI=1S/C14H14BO5.C7H18N/c16-13-7-3-1-5-11(13)9-19-15(18)20-10-12-6-2-4-8-14(12)17;1-5-8(4,6-2)7-3/h1-8,16-17H,9-10H2;5-7H2,1-4H3/q-1;+1. The van der Waals surface area contributed by atoms with Gasteiger partial charge >= 0.3 is 7.32 Å². The van der Waals surface area contributed by atoms with Gasteiger partial charge in [0.1, 0.15) is 11.5 Å². The number of quaternary nitrogens is 1. The average molecular weight is 389 g/mol. The quantitative estimate of drug-likeness (QED) is 0.509. The predicted octanol–water partition coefficient (Wildman–Crippen LogP) is 2.67. The molecule has 2 N–H and O–H groups in total. The summed E-state index contributed by atoms with van der Waals surface area (Å²) in [6.07, 6.45) is 0. The fraction of sp³-hybridized carbons (Fsp3) is 0.429. The summed E-state index contributed by atoms with van der Waals surface area (Å²) < 4.78 is 11.1. The molecule has 28 heavy (non-hydrogen) atoms. The van der Waals surface area contributed by atoms with E-state index in [9.17, 15) is 15.2 Å². The van der Waals surface area contributed by atoms with Crippen LogP contribution >= 0.6 is 0 Å². The maximum absolute atomic E-state index is 11.5. The minimum Gasteiger partial charge on any atom is -0.832 e. The molecule has 154 valence electrons. The lowest BCUT2D eigenvalue weighted by Crippen LogP contribution is -2.42. The average Bonchev–Trinajstić information content (AvgIpc) is 2.72. The van der Waals surface area contributed by atoms with Gasteiger partial charge in [-0.2, -0.15) is 0 Å². The largest absolute Gasteiger partial charge is 0.832 e. The molecule has 0 aliphatic rings. The van der Waals surface area contributed by atoms with Crippen LogP contribution in [0.3, 0.4) is 0 Å². The Balaban J connectivity index is 0.000000416. The number of aromatic hydroxyl groups is 2. The van der Waals surface area contributed by atoms with Crippen LogP contribution in [0, 0.1) is 0 Å². The lowest BCUT2D eigenvalue weighted by Gasteiger charge is -2.30. The molecule has 0 aliphatic carbocycles. The predicted molar refractivity (Wildman–Crippen MR) is 109 cm³/mol. The van der Waals surface area contributed by atoms with E-state index in [-0.39, 0.29) is 24.7 Å². The van der Waals surface area contributed by atoms with Gasteiger partial charge in [0.25, 0.3) is 0 Å². The molecule has 2 rings (SSSR count). The second kappa shape index (κ2) is 12.4. The summed E-state index contributed by atoms with van der Waals surface area (Å²) in [6.45, 7) is 10.4. The summed E-state index contributed by atoms with van der Waals surface area (Å²) in [5.74, 6) is 0.140. The highest BCUT2D eigenvalue weighted by molar-refractivity contribution is 6.32. The first kappa shape index (κ1) is 24.0. The fourth-order valence-electron chi connectivity index (χ4n) is 2.30. The Bertz CT molecular complexity index is 636. The molecule has 0 saturated heterocycles. The zero-order chi connectivity index (χ0) is 21.0. The first-order chi connectivity index (χ1) is 13.3. The van der Waals surface area contributed by atoms with E-state index in [0.717, 1.165) is 0 Å². The lowest BCUT2D eigenvalue weighted by atomic mass is 10.1. The molecule has 0 aliphatic heterocycles. The van der Waals surface area contributed by atoms with Crippen molar-refractivity contribution in [3.8, 4) is 11.5 Å². The molecule has 0 bridgehead atoms. The summed E-state index contributed by atoms with van der Waals surface area (Å²) in [5, 5.41) is 30.5. The maximum atomic E-state index is 11.5. The van der Waals surface area contributed by atoms with Crippen LogP contribution in [0.1, 0.15) is 31.9 Å². The van der Waals surface area contributed by atoms with Crippen molar-refractivity contribution in [1.29, 1.82) is 0 Å². The summed E-state index contributed by atoms with van der Waals surface area (Å²) in [4.78, 5) is 0. The Morgan fingerprint density at radius 3 is 1.43 bits per heavy atom. The van der Waals surface area contributed by atoms with E-state index in [2.05, 4.69) is 27.8 Å². The number of para-hydroxylation sites is 2. The molecule has 0 fully saturated rings. The summed E-state index contributed by atoms with van der Waals surface area (Å²) in [6, 6.07) is 13.2. The second-order valence-electron chi connectivity index (χ2n) is 6.74. The van der Waals surface area contributed by atoms with Gasteiger partial charge in [-0.1, -0.05) is 36.4 Å². The number of phenols is 2. The van der Waals surface area contributed by atoms with Crippen molar-refractivity contribution in [2.75, 3.05) is 26.7 Å². The molecule has 7 heteroatoms. The number of phenolic OH excluding ortho intramolecular Hbond substituents is 2. The molecular weight excluding hydrogens is 357 g/mol. The Hall–Kier alpha value is -2.06. The Morgan fingerprint density at radius 2 is 1.14 bits per heavy atom. The van der Waals surface area contributed by atoms with Crippen LogP contribution < -0.4 is 5.02 Å². The topological polar surface area (TPSA) is 82.0 Å². The molecule has 0 saturated carbocycles. The molecule has 2 aromatic carbocycles. The monoisotopic (exact) mass is 389 g/mol. The lowest BCUT2D eigenvalue weighted by molar-refractivity contribution is -0.904. The van der Waals surface area contributed by atoms with Crippen LogP contribution in [0.2, 0.25) is 0 Å². The van der Waals surface area contributed by atoms with Crippen molar-refractivity contribution in [1.82, 2.24) is 0 Å². The third-order valence-electron chi connectivity index (χ3n) is 5.02. The number of hydrogen-bond acceptors (Lipinski definition) is 5. The Kier molecular flexibility index (Phi) is 10.6. The zero-order valence-corrected chi connectivity index (χ0v) is 17.3. The SMILES string of the molecule is CC[N+](C)(CC)CC.[O-]B(OCc1ccccc1O)OCc1ccccc1O. The van der Waals surface area contributed by atoms with Crippen molar-refractivity contribution in [2.24, 2.45) is 0 Å². The fourth-order valence-corrected chi connectivity index (χ4v) is 2.30. The smallest absolute Gasteiger partial charge is 0.345 e. The highest BCUT2D eigenvalue weighted by Crippen LogP contribution is 2.18. The van der Waals surface area contributed by atoms with Gasteiger partial charge in [-0.3, -0.25) is 0 Å². The van der Waals surface area contributed by atoms with Crippen LogP contribution in [-0.2, 0) is 22.5 Å². The van der Waals surface area contributed by atoms with E-state index in [1.54, 1.807) is 36.4 Å². The summed E-state index contributed by atoms with van der Waals surface area (Å²) >= 11 is 0. The van der Waals surface area contributed by atoms with Crippen LogP contribution in [-0.4, -0.2) is 48.7 Å². The number of nitrogens with zero attached hydrogens (tertiary/aromatic N) is 1. The highest BCUT2D eigenvalue weighted by Gasteiger charge is 2.11. The van der Waals surface area contributed by atoms with Crippen molar-refractivity contribution in [3.05, 3.63) is 59.7 Å². The maximum Gasteiger partial charge on any atom is 0.345 e.